The molecule has 25 heavy (non-hydrogen) atoms. The van der Waals surface area contributed by atoms with E-state index in [0.717, 1.165) is 24.4 Å². The summed E-state index contributed by atoms with van der Waals surface area (Å²) in [5.74, 6) is -0.871. The lowest BCUT2D eigenvalue weighted by Gasteiger charge is -2.07. The van der Waals surface area contributed by atoms with Crippen LogP contribution in [0.15, 0.2) is 47.6 Å². The number of rotatable bonds is 4. The number of halogens is 4. The van der Waals surface area contributed by atoms with Crippen molar-refractivity contribution >= 4 is 29.4 Å². The number of nitro groups is 1. The third-order valence-corrected chi connectivity index (χ3v) is 3.36. The minimum atomic E-state index is -4.57. The molecule has 2 aromatic rings. The van der Waals surface area contributed by atoms with E-state index in [0.29, 0.717) is 6.07 Å². The Bertz CT molecular complexity index is 853. The maximum atomic E-state index is 12.6. The zero-order valence-electron chi connectivity index (χ0n) is 12.2. The summed E-state index contributed by atoms with van der Waals surface area (Å²) in [6, 6.07) is 7.44. The van der Waals surface area contributed by atoms with Crippen molar-refractivity contribution in [1.82, 2.24) is 5.43 Å². The fourth-order valence-corrected chi connectivity index (χ4v) is 1.97. The number of nitrogens with one attached hydrogen (secondary N) is 1. The number of nitro benzene ring substituents is 1. The molecule has 0 bridgehead atoms. The number of benzene rings is 2. The first-order valence-electron chi connectivity index (χ1n) is 6.63. The van der Waals surface area contributed by atoms with E-state index in [1.165, 1.54) is 18.2 Å². The van der Waals surface area contributed by atoms with Gasteiger partial charge in [-0.3, -0.25) is 14.9 Å². The minimum Gasteiger partial charge on any atom is -0.267 e. The third kappa shape index (κ3) is 4.77. The van der Waals surface area contributed by atoms with Crippen molar-refractivity contribution in [1.29, 1.82) is 0 Å². The van der Waals surface area contributed by atoms with Crippen LogP contribution in [0.2, 0.25) is 5.02 Å². The number of hydrogen-bond donors (Lipinski definition) is 1. The van der Waals surface area contributed by atoms with Gasteiger partial charge < -0.3 is 0 Å². The normalized spacial score (nSPS) is 11.5. The van der Waals surface area contributed by atoms with Gasteiger partial charge in [0, 0.05) is 28.3 Å². The molecule has 0 aliphatic carbocycles. The predicted octanol–water partition coefficient (Wildman–Crippen LogP) is 4.03. The van der Waals surface area contributed by atoms with Gasteiger partial charge in [-0.1, -0.05) is 17.7 Å². The fraction of sp³-hybridized carbons (Fsp3) is 0.0667. The highest BCUT2D eigenvalue weighted by Crippen LogP contribution is 2.29. The highest BCUT2D eigenvalue weighted by molar-refractivity contribution is 6.33. The first-order chi connectivity index (χ1) is 11.7. The molecule has 10 heteroatoms. The molecule has 2 aromatic carbocycles. The fourth-order valence-electron chi connectivity index (χ4n) is 1.81. The van der Waals surface area contributed by atoms with Gasteiger partial charge in [0.2, 0.25) is 0 Å². The van der Waals surface area contributed by atoms with Gasteiger partial charge in [-0.05, 0) is 24.3 Å². The Kier molecular flexibility index (Phi) is 5.38. The number of carbonyl (C=O) groups is 1. The summed E-state index contributed by atoms with van der Waals surface area (Å²) in [6.07, 6.45) is -3.52. The molecule has 0 aliphatic rings. The molecule has 0 aliphatic heterocycles. The molecule has 0 heterocycles. The van der Waals surface area contributed by atoms with E-state index < -0.39 is 22.6 Å². The Balaban J connectivity index is 2.14. The van der Waals surface area contributed by atoms with E-state index >= 15 is 0 Å². The Hall–Kier alpha value is -2.94. The van der Waals surface area contributed by atoms with Crippen molar-refractivity contribution < 1.29 is 22.9 Å². The maximum Gasteiger partial charge on any atom is 0.416 e. The lowest BCUT2D eigenvalue weighted by Crippen LogP contribution is -2.18. The zero-order valence-corrected chi connectivity index (χ0v) is 13.0. The van der Waals surface area contributed by atoms with Crippen LogP contribution >= 0.6 is 11.6 Å². The standard InChI is InChI=1S/C15H9ClF3N3O3/c16-13-5-4-12(22(24)25)7-10(13)8-20-21-14(23)9-2-1-3-11(6-9)15(17,18)19/h1-8H,(H,21,23)/b20-8+. The molecule has 0 radical (unpaired) electrons. The van der Waals surface area contributed by atoms with Gasteiger partial charge in [-0.15, -0.1) is 0 Å². The van der Waals surface area contributed by atoms with Gasteiger partial charge >= 0.3 is 6.18 Å². The lowest BCUT2D eigenvalue weighted by atomic mass is 10.1. The van der Waals surface area contributed by atoms with Crippen LogP contribution in [-0.2, 0) is 6.18 Å². The summed E-state index contributed by atoms with van der Waals surface area (Å²) in [5, 5.41) is 14.4. The molecule has 6 nitrogen and oxygen atoms in total. The number of alkyl halides is 3. The number of hydrogen-bond acceptors (Lipinski definition) is 4. The van der Waals surface area contributed by atoms with Gasteiger partial charge in [-0.2, -0.15) is 18.3 Å². The Labute approximate surface area is 144 Å². The smallest absolute Gasteiger partial charge is 0.267 e. The van der Waals surface area contributed by atoms with Crippen molar-refractivity contribution in [3.63, 3.8) is 0 Å². The summed E-state index contributed by atoms with van der Waals surface area (Å²) >= 11 is 5.85. The Morgan fingerprint density at radius 3 is 2.60 bits per heavy atom. The van der Waals surface area contributed by atoms with Gasteiger partial charge in [0.1, 0.15) is 0 Å². The van der Waals surface area contributed by atoms with Crippen LogP contribution in [0.25, 0.3) is 0 Å². The van der Waals surface area contributed by atoms with Crippen LogP contribution in [0, 0.1) is 10.1 Å². The molecule has 0 atom stereocenters. The highest BCUT2D eigenvalue weighted by Gasteiger charge is 2.30. The van der Waals surface area contributed by atoms with Gasteiger partial charge in [0.05, 0.1) is 16.7 Å². The van der Waals surface area contributed by atoms with Crippen LogP contribution in [0.4, 0.5) is 18.9 Å². The molecule has 0 fully saturated rings. The number of nitrogens with zero attached hydrogens (tertiary/aromatic N) is 2. The summed E-state index contributed by atoms with van der Waals surface area (Å²) in [6.45, 7) is 0. The molecule has 130 valence electrons. The second-order valence-electron chi connectivity index (χ2n) is 4.74. The first-order valence-corrected chi connectivity index (χ1v) is 7.01. The van der Waals surface area contributed by atoms with Crippen molar-refractivity contribution in [3.8, 4) is 0 Å². The topological polar surface area (TPSA) is 84.6 Å². The molecule has 0 aromatic heterocycles. The average Bonchev–Trinajstić information content (AvgIpc) is 2.55. The maximum absolute atomic E-state index is 12.6. The van der Waals surface area contributed by atoms with Crippen LogP contribution in [0.1, 0.15) is 21.5 Å². The van der Waals surface area contributed by atoms with Crippen LogP contribution in [0.3, 0.4) is 0 Å². The summed E-state index contributed by atoms with van der Waals surface area (Å²) in [4.78, 5) is 21.9. The second kappa shape index (κ2) is 7.31. The molecule has 1 amide bonds. The summed E-state index contributed by atoms with van der Waals surface area (Å²) < 4.78 is 37.9. The van der Waals surface area contributed by atoms with E-state index in [1.54, 1.807) is 0 Å². The van der Waals surface area contributed by atoms with E-state index in [2.05, 4.69) is 5.10 Å². The molecule has 0 unspecified atom stereocenters. The molecule has 0 saturated carbocycles. The van der Waals surface area contributed by atoms with E-state index in [1.807, 2.05) is 5.43 Å². The Morgan fingerprint density at radius 2 is 1.96 bits per heavy atom. The Morgan fingerprint density at radius 1 is 1.24 bits per heavy atom. The van der Waals surface area contributed by atoms with Gasteiger partial charge in [-0.25, -0.2) is 5.43 Å². The summed E-state index contributed by atoms with van der Waals surface area (Å²) in [5.41, 5.74) is 0.771. The predicted molar refractivity (Wildman–Crippen MR) is 84.6 cm³/mol. The van der Waals surface area contributed by atoms with Crippen LogP contribution in [-0.4, -0.2) is 17.0 Å². The largest absolute Gasteiger partial charge is 0.416 e. The number of amides is 1. The average molecular weight is 372 g/mol. The van der Waals surface area contributed by atoms with Crippen molar-refractivity contribution in [2.24, 2.45) is 5.10 Å². The molecule has 2 rings (SSSR count). The monoisotopic (exact) mass is 371 g/mol. The van der Waals surface area contributed by atoms with E-state index in [-0.39, 0.29) is 21.8 Å². The number of carbonyl (C=O) groups excluding carboxylic acids is 1. The van der Waals surface area contributed by atoms with Crippen molar-refractivity contribution in [2.75, 3.05) is 0 Å². The third-order valence-electron chi connectivity index (χ3n) is 3.01. The van der Waals surface area contributed by atoms with Gasteiger partial charge in [0.15, 0.2) is 0 Å². The van der Waals surface area contributed by atoms with E-state index in [4.69, 9.17) is 11.6 Å². The quantitative estimate of drug-likeness (QED) is 0.500. The molecule has 0 spiro atoms. The van der Waals surface area contributed by atoms with Crippen LogP contribution in [0.5, 0.6) is 0 Å². The van der Waals surface area contributed by atoms with Crippen LogP contribution < -0.4 is 5.43 Å². The number of non-ortho nitro benzene ring substituents is 1. The zero-order chi connectivity index (χ0) is 18.6. The molecular weight excluding hydrogens is 363 g/mol. The van der Waals surface area contributed by atoms with E-state index in [9.17, 15) is 28.1 Å². The van der Waals surface area contributed by atoms with Crippen molar-refractivity contribution in [2.45, 2.75) is 6.18 Å². The molecule has 1 N–H and O–H groups in total. The molecule has 0 saturated heterocycles. The number of hydrazone groups is 1. The molecular formula is C15H9ClF3N3O3. The lowest BCUT2D eigenvalue weighted by molar-refractivity contribution is -0.384. The first kappa shape index (κ1) is 18.4. The van der Waals surface area contributed by atoms with Gasteiger partial charge in [0.25, 0.3) is 11.6 Å². The minimum absolute atomic E-state index is 0.155. The van der Waals surface area contributed by atoms with Crippen molar-refractivity contribution in [3.05, 3.63) is 74.3 Å². The SMILES string of the molecule is O=C(N/N=C/c1cc([N+](=O)[O-])ccc1Cl)c1cccc(C(F)(F)F)c1. The highest BCUT2D eigenvalue weighted by atomic mass is 35.5. The second-order valence-corrected chi connectivity index (χ2v) is 5.15. The summed E-state index contributed by atoms with van der Waals surface area (Å²) in [7, 11) is 0.